The molecule has 0 aliphatic heterocycles. The number of methoxy groups -OCH3 is 1. The molecular formula is C17H20BrN3O2. The first kappa shape index (κ1) is 17.3. The zero-order valence-corrected chi connectivity index (χ0v) is 15.3. The Hall–Kier alpha value is -2.08. The van der Waals surface area contributed by atoms with Crippen molar-refractivity contribution in [1.82, 2.24) is 9.99 Å². The van der Waals surface area contributed by atoms with Crippen molar-refractivity contribution in [2.75, 3.05) is 7.11 Å². The number of aryl methyl sites for hydroxylation is 1. The molecule has 23 heavy (non-hydrogen) atoms. The summed E-state index contributed by atoms with van der Waals surface area (Å²) in [4.78, 5) is 12.2. The van der Waals surface area contributed by atoms with Gasteiger partial charge in [-0.05, 0) is 45.0 Å². The van der Waals surface area contributed by atoms with Gasteiger partial charge in [-0.15, -0.1) is 0 Å². The van der Waals surface area contributed by atoms with Crippen LogP contribution in [0.15, 0.2) is 33.8 Å². The summed E-state index contributed by atoms with van der Waals surface area (Å²) in [5, 5.41) is 4.06. The van der Waals surface area contributed by atoms with Crippen LogP contribution in [0.1, 0.15) is 34.2 Å². The monoisotopic (exact) mass is 377 g/mol. The van der Waals surface area contributed by atoms with Crippen LogP contribution in [0.4, 0.5) is 0 Å². The molecular weight excluding hydrogens is 358 g/mol. The molecule has 1 heterocycles. The largest absolute Gasteiger partial charge is 0.496 e. The van der Waals surface area contributed by atoms with Gasteiger partial charge in [-0.2, -0.15) is 5.10 Å². The first-order valence-electron chi connectivity index (χ1n) is 7.31. The number of halogens is 1. The van der Waals surface area contributed by atoms with Crippen LogP contribution in [-0.2, 0) is 6.54 Å². The number of hydrogen-bond donors (Lipinski definition) is 1. The maximum atomic E-state index is 12.2. The lowest BCUT2D eigenvalue weighted by molar-refractivity contribution is 0.0952. The van der Waals surface area contributed by atoms with Gasteiger partial charge >= 0.3 is 0 Å². The van der Waals surface area contributed by atoms with Crippen molar-refractivity contribution in [2.45, 2.75) is 27.3 Å². The van der Waals surface area contributed by atoms with Crippen molar-refractivity contribution < 1.29 is 9.53 Å². The maximum Gasteiger partial charge on any atom is 0.275 e. The van der Waals surface area contributed by atoms with Crippen molar-refractivity contribution in [2.24, 2.45) is 5.10 Å². The maximum absolute atomic E-state index is 12.2. The third-order valence-corrected chi connectivity index (χ3v) is 4.20. The number of aromatic nitrogens is 1. The summed E-state index contributed by atoms with van der Waals surface area (Å²) in [6.07, 6.45) is 1.66. The average Bonchev–Trinajstić information content (AvgIpc) is 2.80. The molecule has 0 saturated carbocycles. The fraction of sp³-hybridized carbons (Fsp3) is 0.294. The summed E-state index contributed by atoms with van der Waals surface area (Å²) in [6, 6.07) is 7.30. The Kier molecular flexibility index (Phi) is 5.60. The van der Waals surface area contributed by atoms with E-state index in [1.165, 1.54) is 12.8 Å². The molecule has 1 N–H and O–H groups in total. The first-order valence-corrected chi connectivity index (χ1v) is 8.10. The molecule has 6 heteroatoms. The minimum absolute atomic E-state index is 0.316. The molecule has 2 rings (SSSR count). The third-order valence-electron chi connectivity index (χ3n) is 3.70. The lowest BCUT2D eigenvalue weighted by Crippen LogP contribution is -2.18. The number of hydrazone groups is 1. The molecule has 0 fully saturated rings. The first-order chi connectivity index (χ1) is 11.0. The molecule has 0 saturated heterocycles. The van der Waals surface area contributed by atoms with Gasteiger partial charge in [0.05, 0.1) is 18.9 Å². The van der Waals surface area contributed by atoms with Crippen molar-refractivity contribution in [3.05, 3.63) is 51.3 Å². The molecule has 0 bridgehead atoms. The van der Waals surface area contributed by atoms with Crippen molar-refractivity contribution >= 4 is 28.1 Å². The van der Waals surface area contributed by atoms with Gasteiger partial charge in [0.1, 0.15) is 5.75 Å². The highest BCUT2D eigenvalue weighted by Gasteiger charge is 2.12. The van der Waals surface area contributed by atoms with E-state index in [2.05, 4.69) is 44.9 Å². The summed E-state index contributed by atoms with van der Waals surface area (Å²) >= 11 is 3.35. The summed E-state index contributed by atoms with van der Waals surface area (Å²) in [7, 11) is 1.53. The lowest BCUT2D eigenvalue weighted by Gasteiger charge is -2.07. The van der Waals surface area contributed by atoms with Crippen molar-refractivity contribution in [3.63, 3.8) is 0 Å². The zero-order chi connectivity index (χ0) is 17.0. The number of carbonyl (C=O) groups excluding carboxylic acids is 1. The smallest absolute Gasteiger partial charge is 0.275 e. The second kappa shape index (κ2) is 7.46. The molecule has 122 valence electrons. The minimum atomic E-state index is -0.316. The van der Waals surface area contributed by atoms with E-state index in [4.69, 9.17) is 4.74 Å². The van der Waals surface area contributed by atoms with E-state index in [1.807, 2.05) is 19.1 Å². The van der Waals surface area contributed by atoms with Gasteiger partial charge in [-0.3, -0.25) is 4.79 Å². The summed E-state index contributed by atoms with van der Waals surface area (Å²) < 4.78 is 8.20. The van der Waals surface area contributed by atoms with E-state index in [0.29, 0.717) is 11.3 Å². The molecule has 1 amide bonds. The van der Waals surface area contributed by atoms with Crippen LogP contribution in [0.25, 0.3) is 0 Å². The molecule has 2 aromatic rings. The Morgan fingerprint density at radius 1 is 1.39 bits per heavy atom. The summed E-state index contributed by atoms with van der Waals surface area (Å²) in [5.74, 6) is 0.189. The van der Waals surface area contributed by atoms with E-state index < -0.39 is 0 Å². The zero-order valence-electron chi connectivity index (χ0n) is 13.7. The van der Waals surface area contributed by atoms with Crippen LogP contribution in [0.5, 0.6) is 5.75 Å². The Morgan fingerprint density at radius 3 is 2.74 bits per heavy atom. The van der Waals surface area contributed by atoms with Crippen molar-refractivity contribution in [3.8, 4) is 5.75 Å². The fourth-order valence-corrected chi connectivity index (χ4v) is 2.88. The minimum Gasteiger partial charge on any atom is -0.496 e. The van der Waals surface area contributed by atoms with Crippen LogP contribution < -0.4 is 10.2 Å². The molecule has 0 unspecified atom stereocenters. The Balaban J connectivity index is 2.15. The van der Waals surface area contributed by atoms with E-state index in [-0.39, 0.29) is 5.91 Å². The standard InChI is InChI=1S/C17H20BrN3O2/c1-5-21-11(2)8-13(12(21)3)10-19-20-17(22)15-9-14(18)6-7-16(15)23-4/h6-10H,5H2,1-4H3,(H,20,22)/b19-10-. The highest BCUT2D eigenvalue weighted by molar-refractivity contribution is 9.10. The molecule has 1 aromatic carbocycles. The molecule has 0 radical (unpaired) electrons. The number of nitrogens with zero attached hydrogens (tertiary/aromatic N) is 2. The van der Waals surface area contributed by atoms with Crippen molar-refractivity contribution in [1.29, 1.82) is 0 Å². The highest BCUT2D eigenvalue weighted by atomic mass is 79.9. The van der Waals surface area contributed by atoms with E-state index in [0.717, 1.165) is 22.3 Å². The van der Waals surface area contributed by atoms with Gasteiger partial charge in [0.15, 0.2) is 0 Å². The van der Waals surface area contributed by atoms with Gasteiger partial charge in [0, 0.05) is 28.0 Å². The third kappa shape index (κ3) is 3.82. The van der Waals surface area contributed by atoms with Crippen LogP contribution >= 0.6 is 15.9 Å². The van der Waals surface area contributed by atoms with Crippen LogP contribution in [0.3, 0.4) is 0 Å². The van der Waals surface area contributed by atoms with E-state index in [9.17, 15) is 4.79 Å². The second-order valence-corrected chi connectivity index (χ2v) is 6.03. The normalized spacial score (nSPS) is 11.0. The highest BCUT2D eigenvalue weighted by Crippen LogP contribution is 2.22. The number of rotatable bonds is 5. The number of hydrogen-bond acceptors (Lipinski definition) is 3. The summed E-state index contributed by atoms with van der Waals surface area (Å²) in [6.45, 7) is 7.10. The number of nitrogens with one attached hydrogen (secondary N) is 1. The molecule has 0 aliphatic carbocycles. The summed E-state index contributed by atoms with van der Waals surface area (Å²) in [5.41, 5.74) is 6.26. The number of carbonyl (C=O) groups is 1. The van der Waals surface area contributed by atoms with Gasteiger partial charge in [-0.25, -0.2) is 5.43 Å². The van der Waals surface area contributed by atoms with Gasteiger partial charge in [0.2, 0.25) is 0 Å². The van der Waals surface area contributed by atoms with Gasteiger partial charge in [0.25, 0.3) is 5.91 Å². The predicted octanol–water partition coefficient (Wildman–Crippen LogP) is 3.66. The lowest BCUT2D eigenvalue weighted by atomic mass is 10.2. The molecule has 0 spiro atoms. The second-order valence-electron chi connectivity index (χ2n) is 5.11. The van der Waals surface area contributed by atoms with Crippen LogP contribution in [0.2, 0.25) is 0 Å². The van der Waals surface area contributed by atoms with Gasteiger partial charge in [-0.1, -0.05) is 15.9 Å². The van der Waals surface area contributed by atoms with Crippen LogP contribution in [-0.4, -0.2) is 23.8 Å². The molecule has 1 aromatic heterocycles. The van der Waals surface area contributed by atoms with E-state index in [1.54, 1.807) is 18.3 Å². The van der Waals surface area contributed by atoms with E-state index >= 15 is 0 Å². The fourth-order valence-electron chi connectivity index (χ4n) is 2.52. The molecule has 0 atom stereocenters. The van der Waals surface area contributed by atoms with Crippen LogP contribution in [0, 0.1) is 13.8 Å². The number of ether oxygens (including phenoxy) is 1. The Morgan fingerprint density at radius 2 is 2.13 bits per heavy atom. The Bertz CT molecular complexity index is 751. The molecule has 5 nitrogen and oxygen atoms in total. The van der Waals surface area contributed by atoms with Gasteiger partial charge < -0.3 is 9.30 Å². The molecule has 0 aliphatic rings. The topological polar surface area (TPSA) is 55.6 Å². The SMILES string of the molecule is CCn1c(C)cc(/C=N\NC(=O)c2cc(Br)ccc2OC)c1C. The quantitative estimate of drug-likeness (QED) is 0.638. The number of amides is 1. The number of benzene rings is 1. The average molecular weight is 378 g/mol. The predicted molar refractivity (Wildman–Crippen MR) is 95.3 cm³/mol. The Labute approximate surface area is 144 Å².